The van der Waals surface area contributed by atoms with E-state index in [-0.39, 0.29) is 17.9 Å². The van der Waals surface area contributed by atoms with Gasteiger partial charge < -0.3 is 5.32 Å². The van der Waals surface area contributed by atoms with Crippen LogP contribution in [0.25, 0.3) is 0 Å². The second kappa shape index (κ2) is 7.98. The predicted octanol–water partition coefficient (Wildman–Crippen LogP) is 1.74. The quantitative estimate of drug-likeness (QED) is 0.779. The maximum Gasteiger partial charge on any atom is 0.223 e. The van der Waals surface area contributed by atoms with Gasteiger partial charge in [-0.05, 0) is 26.2 Å². The van der Waals surface area contributed by atoms with E-state index in [9.17, 15) is 13.2 Å². The minimum Gasteiger partial charge on any atom is -0.355 e. The largest absolute Gasteiger partial charge is 0.355 e. The molecule has 0 aliphatic heterocycles. The van der Waals surface area contributed by atoms with E-state index in [1.54, 1.807) is 0 Å². The van der Waals surface area contributed by atoms with Crippen LogP contribution < -0.4 is 5.32 Å². The summed E-state index contributed by atoms with van der Waals surface area (Å²) in [6.45, 7) is 4.60. The number of nitrogens with zero attached hydrogens (tertiary/aromatic N) is 1. The van der Waals surface area contributed by atoms with Crippen molar-refractivity contribution in [3.05, 3.63) is 0 Å². The first kappa shape index (κ1) is 17.4. The number of carbonyl (C=O) groups is 1. The van der Waals surface area contributed by atoms with E-state index in [1.807, 2.05) is 13.8 Å². The summed E-state index contributed by atoms with van der Waals surface area (Å²) in [5.41, 5.74) is 0. The van der Waals surface area contributed by atoms with Gasteiger partial charge in [0.05, 0.1) is 6.26 Å². The summed E-state index contributed by atoms with van der Waals surface area (Å²) in [4.78, 5) is 12.0. The lowest BCUT2D eigenvalue weighted by atomic mass is 9.89. The Labute approximate surface area is 123 Å². The molecule has 1 atom stereocenters. The zero-order valence-corrected chi connectivity index (χ0v) is 13.7. The number of sulfonamides is 1. The van der Waals surface area contributed by atoms with Crippen molar-refractivity contribution in [2.45, 2.75) is 58.4 Å². The minimum absolute atomic E-state index is 0.0309. The highest BCUT2D eigenvalue weighted by Gasteiger charge is 2.23. The molecule has 1 rings (SSSR count). The molecule has 20 heavy (non-hydrogen) atoms. The summed E-state index contributed by atoms with van der Waals surface area (Å²) in [5.74, 6) is 0.210. The lowest BCUT2D eigenvalue weighted by molar-refractivity contribution is -0.125. The average Bonchev–Trinajstić information content (AvgIpc) is 2.42. The summed E-state index contributed by atoms with van der Waals surface area (Å²) >= 11 is 0. The first-order valence-electron chi connectivity index (χ1n) is 7.60. The monoisotopic (exact) mass is 304 g/mol. The average molecular weight is 304 g/mol. The Hall–Kier alpha value is -0.620. The number of nitrogens with one attached hydrogen (secondary N) is 1. The molecule has 1 N–H and O–H groups in total. The summed E-state index contributed by atoms with van der Waals surface area (Å²) < 4.78 is 24.9. The van der Waals surface area contributed by atoms with Crippen molar-refractivity contribution in [3.8, 4) is 0 Å². The van der Waals surface area contributed by atoms with Crippen LogP contribution >= 0.6 is 0 Å². The SMILES string of the molecule is CCC(C)N(CCNC(=O)C1CCCCC1)S(C)(=O)=O. The molecule has 1 saturated carbocycles. The molecule has 1 aliphatic rings. The van der Waals surface area contributed by atoms with Gasteiger partial charge in [0.15, 0.2) is 0 Å². The van der Waals surface area contributed by atoms with Crippen LogP contribution in [-0.2, 0) is 14.8 Å². The van der Waals surface area contributed by atoms with Crippen molar-refractivity contribution in [1.29, 1.82) is 0 Å². The van der Waals surface area contributed by atoms with Gasteiger partial charge in [-0.15, -0.1) is 0 Å². The summed E-state index contributed by atoms with van der Waals surface area (Å²) in [5, 5.41) is 2.89. The van der Waals surface area contributed by atoms with Gasteiger partial charge in [-0.2, -0.15) is 4.31 Å². The van der Waals surface area contributed by atoms with Crippen LogP contribution in [0, 0.1) is 5.92 Å². The first-order valence-corrected chi connectivity index (χ1v) is 9.45. The molecule has 1 fully saturated rings. The standard InChI is InChI=1S/C14H28N2O3S/c1-4-12(2)16(20(3,18)19)11-10-15-14(17)13-8-6-5-7-9-13/h12-13H,4-11H2,1-3H3,(H,15,17). The second-order valence-electron chi connectivity index (χ2n) is 5.76. The molecule has 1 unspecified atom stereocenters. The van der Waals surface area contributed by atoms with E-state index < -0.39 is 10.0 Å². The van der Waals surface area contributed by atoms with E-state index in [1.165, 1.54) is 17.0 Å². The minimum atomic E-state index is -3.22. The van der Waals surface area contributed by atoms with Crippen LogP contribution in [0.2, 0.25) is 0 Å². The van der Waals surface area contributed by atoms with Crippen LogP contribution in [0.15, 0.2) is 0 Å². The molecule has 0 aromatic carbocycles. The highest BCUT2D eigenvalue weighted by molar-refractivity contribution is 7.88. The first-order chi connectivity index (χ1) is 9.36. The van der Waals surface area contributed by atoms with Gasteiger partial charge in [-0.25, -0.2) is 8.42 Å². The Bertz CT molecular complexity index is 403. The molecule has 6 heteroatoms. The molecule has 1 amide bonds. The van der Waals surface area contributed by atoms with E-state index in [2.05, 4.69) is 5.32 Å². The van der Waals surface area contributed by atoms with Crippen molar-refractivity contribution >= 4 is 15.9 Å². The fourth-order valence-electron chi connectivity index (χ4n) is 2.72. The van der Waals surface area contributed by atoms with Gasteiger partial charge in [0.2, 0.25) is 15.9 Å². The summed E-state index contributed by atoms with van der Waals surface area (Å²) in [6.07, 6.45) is 7.40. The van der Waals surface area contributed by atoms with Gasteiger partial charge in [0.25, 0.3) is 0 Å². The van der Waals surface area contributed by atoms with E-state index in [0.29, 0.717) is 13.1 Å². The van der Waals surface area contributed by atoms with Crippen LogP contribution in [0.5, 0.6) is 0 Å². The lowest BCUT2D eigenvalue weighted by Crippen LogP contribution is -2.43. The molecular formula is C14H28N2O3S. The smallest absolute Gasteiger partial charge is 0.223 e. The van der Waals surface area contributed by atoms with Gasteiger partial charge in [0, 0.05) is 25.0 Å². The normalized spacial score (nSPS) is 19.0. The third-order valence-electron chi connectivity index (χ3n) is 4.12. The molecule has 0 aromatic rings. The van der Waals surface area contributed by atoms with Gasteiger partial charge >= 0.3 is 0 Å². The van der Waals surface area contributed by atoms with Gasteiger partial charge in [-0.3, -0.25) is 4.79 Å². The zero-order valence-electron chi connectivity index (χ0n) is 12.9. The van der Waals surface area contributed by atoms with Crippen LogP contribution in [0.1, 0.15) is 52.4 Å². The Morgan fingerprint density at radius 2 is 1.90 bits per heavy atom. The number of hydrogen-bond donors (Lipinski definition) is 1. The Morgan fingerprint density at radius 3 is 2.40 bits per heavy atom. The molecule has 0 radical (unpaired) electrons. The van der Waals surface area contributed by atoms with Crippen molar-refractivity contribution < 1.29 is 13.2 Å². The van der Waals surface area contributed by atoms with Crippen molar-refractivity contribution in [2.75, 3.05) is 19.3 Å². The zero-order chi connectivity index (χ0) is 15.2. The highest BCUT2D eigenvalue weighted by atomic mass is 32.2. The summed E-state index contributed by atoms with van der Waals surface area (Å²) in [6, 6.07) is -0.0309. The van der Waals surface area contributed by atoms with E-state index in [0.717, 1.165) is 32.1 Å². The number of carbonyl (C=O) groups excluding carboxylic acids is 1. The maximum absolute atomic E-state index is 12.0. The van der Waals surface area contributed by atoms with Gasteiger partial charge in [-0.1, -0.05) is 26.2 Å². The molecule has 0 aromatic heterocycles. The Morgan fingerprint density at radius 1 is 1.30 bits per heavy atom. The summed E-state index contributed by atoms with van der Waals surface area (Å²) in [7, 11) is -3.22. The number of hydrogen-bond acceptors (Lipinski definition) is 3. The molecular weight excluding hydrogens is 276 g/mol. The molecule has 1 aliphatic carbocycles. The topological polar surface area (TPSA) is 66.5 Å². The molecule has 0 bridgehead atoms. The molecule has 0 saturated heterocycles. The molecule has 0 heterocycles. The predicted molar refractivity (Wildman–Crippen MR) is 80.9 cm³/mol. The third kappa shape index (κ3) is 5.40. The van der Waals surface area contributed by atoms with Crippen molar-refractivity contribution in [3.63, 3.8) is 0 Å². The van der Waals surface area contributed by atoms with Crippen LogP contribution in [0.3, 0.4) is 0 Å². The van der Waals surface area contributed by atoms with E-state index in [4.69, 9.17) is 0 Å². The number of rotatable bonds is 7. The van der Waals surface area contributed by atoms with Crippen molar-refractivity contribution in [1.82, 2.24) is 9.62 Å². The third-order valence-corrected chi connectivity index (χ3v) is 5.51. The molecule has 5 nitrogen and oxygen atoms in total. The van der Waals surface area contributed by atoms with Crippen LogP contribution in [0.4, 0.5) is 0 Å². The van der Waals surface area contributed by atoms with Crippen molar-refractivity contribution in [2.24, 2.45) is 5.92 Å². The van der Waals surface area contributed by atoms with Gasteiger partial charge in [0.1, 0.15) is 0 Å². The molecule has 118 valence electrons. The number of amides is 1. The highest BCUT2D eigenvalue weighted by Crippen LogP contribution is 2.23. The fraction of sp³-hybridized carbons (Fsp3) is 0.929. The Kier molecular flexibility index (Phi) is 6.95. The fourth-order valence-corrected chi connectivity index (χ4v) is 3.94. The lowest BCUT2D eigenvalue weighted by Gasteiger charge is -2.27. The second-order valence-corrected chi connectivity index (χ2v) is 7.69. The molecule has 0 spiro atoms. The Balaban J connectivity index is 2.42. The van der Waals surface area contributed by atoms with Crippen LogP contribution in [-0.4, -0.2) is 44.0 Å². The maximum atomic E-state index is 12.0. The van der Waals surface area contributed by atoms with E-state index >= 15 is 0 Å².